The number of hydrogen-bond acceptors (Lipinski definition) is 0. The Labute approximate surface area is 144 Å². The van der Waals surface area contributed by atoms with Crippen molar-refractivity contribution >= 4 is 69.6 Å². The van der Waals surface area contributed by atoms with E-state index in [-0.39, 0.29) is 5.92 Å². The lowest BCUT2D eigenvalue weighted by Gasteiger charge is -2.33. The molecule has 0 heterocycles. The van der Waals surface area contributed by atoms with Gasteiger partial charge >= 0.3 is 0 Å². The molecule has 110 valence electrons. The molecule has 0 amide bonds. The minimum absolute atomic E-state index is 0.0634. The quantitative estimate of drug-likeness (QED) is 0.360. The highest BCUT2D eigenvalue weighted by atomic mass is 35.5. The fourth-order valence-electron chi connectivity index (χ4n) is 3.15. The zero-order chi connectivity index (χ0) is 14.5. The molecule has 0 saturated heterocycles. The molecular formula is C13H16Cl6. The summed E-state index contributed by atoms with van der Waals surface area (Å²) in [7, 11) is 0. The molecule has 0 spiro atoms. The Morgan fingerprint density at radius 1 is 1.00 bits per heavy atom. The highest BCUT2D eigenvalue weighted by Gasteiger charge is 2.77. The fourth-order valence-corrected chi connectivity index (χ4v) is 6.03. The van der Waals surface area contributed by atoms with Gasteiger partial charge in [-0.2, -0.15) is 0 Å². The molecule has 0 radical (unpaired) electrons. The standard InChI is InChI=1S/C13H16Cl6/c1-2-3-4-5-6-8-7-11(16)9(14)10(15)12(8,17)13(11,18)19/h8H,2-7H2,1H3/t8-,11-,12+/m1/s1. The second-order valence-corrected chi connectivity index (χ2v) is 8.79. The molecule has 2 aliphatic carbocycles. The lowest BCUT2D eigenvalue weighted by atomic mass is 9.87. The molecule has 1 saturated carbocycles. The van der Waals surface area contributed by atoms with E-state index in [4.69, 9.17) is 69.6 Å². The third-order valence-electron chi connectivity index (χ3n) is 4.31. The van der Waals surface area contributed by atoms with E-state index in [2.05, 4.69) is 6.92 Å². The monoisotopic (exact) mass is 382 g/mol. The molecule has 0 N–H and O–H groups in total. The van der Waals surface area contributed by atoms with Gasteiger partial charge in [0.25, 0.3) is 0 Å². The van der Waals surface area contributed by atoms with Crippen molar-refractivity contribution in [2.45, 2.75) is 59.5 Å². The van der Waals surface area contributed by atoms with Crippen molar-refractivity contribution in [3.8, 4) is 0 Å². The molecule has 2 aliphatic rings. The molecule has 3 atom stereocenters. The number of hydrogen-bond donors (Lipinski definition) is 0. The van der Waals surface area contributed by atoms with Crippen LogP contribution in [0.25, 0.3) is 0 Å². The number of halogens is 6. The summed E-state index contributed by atoms with van der Waals surface area (Å²) in [4.78, 5) is -2.10. The Morgan fingerprint density at radius 3 is 2.11 bits per heavy atom. The van der Waals surface area contributed by atoms with E-state index in [1.54, 1.807) is 0 Å². The Kier molecular flexibility index (Phi) is 4.96. The molecular weight excluding hydrogens is 369 g/mol. The van der Waals surface area contributed by atoms with Crippen LogP contribution in [0.4, 0.5) is 0 Å². The van der Waals surface area contributed by atoms with Gasteiger partial charge in [-0.15, -0.1) is 23.2 Å². The summed E-state index contributed by atoms with van der Waals surface area (Å²) < 4.78 is -1.35. The molecule has 0 aliphatic heterocycles. The van der Waals surface area contributed by atoms with Crippen LogP contribution in [-0.4, -0.2) is 14.1 Å². The average Bonchev–Trinajstić information content (AvgIpc) is 2.57. The highest BCUT2D eigenvalue weighted by molar-refractivity contribution is 6.65. The van der Waals surface area contributed by atoms with Crippen LogP contribution in [0, 0.1) is 5.92 Å². The SMILES string of the molecule is CCCCCC[C@@H]1C[C@@]2(Cl)C(Cl)=C(Cl)[C@]1(Cl)C2(Cl)Cl. The zero-order valence-electron chi connectivity index (χ0n) is 10.6. The van der Waals surface area contributed by atoms with Gasteiger partial charge in [-0.05, 0) is 18.8 Å². The van der Waals surface area contributed by atoms with Crippen LogP contribution >= 0.6 is 69.6 Å². The molecule has 0 aromatic heterocycles. The third kappa shape index (κ3) is 2.16. The minimum Gasteiger partial charge on any atom is -0.110 e. The van der Waals surface area contributed by atoms with Crippen LogP contribution < -0.4 is 0 Å². The van der Waals surface area contributed by atoms with E-state index in [1.165, 1.54) is 19.3 Å². The predicted molar refractivity (Wildman–Crippen MR) is 87.2 cm³/mol. The third-order valence-corrected chi connectivity index (χ3v) is 8.64. The first-order valence-electron chi connectivity index (χ1n) is 6.55. The van der Waals surface area contributed by atoms with Crippen molar-refractivity contribution in [2.75, 3.05) is 0 Å². The predicted octanol–water partition coefficient (Wildman–Crippen LogP) is 6.81. The van der Waals surface area contributed by atoms with Crippen LogP contribution in [-0.2, 0) is 0 Å². The van der Waals surface area contributed by atoms with Crippen molar-refractivity contribution in [3.05, 3.63) is 10.1 Å². The van der Waals surface area contributed by atoms with Gasteiger partial charge in [0.15, 0.2) is 4.33 Å². The Bertz CT molecular complexity index is 404. The van der Waals surface area contributed by atoms with Gasteiger partial charge in [0.2, 0.25) is 0 Å². The maximum atomic E-state index is 6.68. The summed E-state index contributed by atoms with van der Waals surface area (Å²) in [6.45, 7) is 2.18. The van der Waals surface area contributed by atoms with Gasteiger partial charge in [-0.1, -0.05) is 79.0 Å². The normalized spacial score (nSPS) is 40.3. The van der Waals surface area contributed by atoms with Gasteiger partial charge in [0.1, 0.15) is 9.75 Å². The first kappa shape index (κ1) is 16.8. The zero-order valence-corrected chi connectivity index (χ0v) is 15.1. The summed E-state index contributed by atoms with van der Waals surface area (Å²) >= 11 is 38.5. The molecule has 0 nitrogen and oxygen atoms in total. The highest BCUT2D eigenvalue weighted by Crippen LogP contribution is 2.74. The van der Waals surface area contributed by atoms with E-state index >= 15 is 0 Å². The molecule has 2 bridgehead atoms. The second kappa shape index (κ2) is 5.60. The maximum absolute atomic E-state index is 6.68. The number of allylic oxidation sites excluding steroid dienone is 2. The van der Waals surface area contributed by atoms with E-state index in [9.17, 15) is 0 Å². The number of fused-ring (bicyclic) bond motifs is 2. The van der Waals surface area contributed by atoms with Crippen molar-refractivity contribution in [2.24, 2.45) is 5.92 Å². The van der Waals surface area contributed by atoms with E-state index < -0.39 is 14.1 Å². The van der Waals surface area contributed by atoms with Gasteiger partial charge in [0, 0.05) is 0 Å². The topological polar surface area (TPSA) is 0 Å². The van der Waals surface area contributed by atoms with Crippen molar-refractivity contribution < 1.29 is 0 Å². The molecule has 19 heavy (non-hydrogen) atoms. The first-order chi connectivity index (χ1) is 8.73. The molecule has 0 unspecified atom stereocenters. The van der Waals surface area contributed by atoms with Crippen LogP contribution in [0.1, 0.15) is 45.4 Å². The summed E-state index contributed by atoms with van der Waals surface area (Å²) in [6.07, 6.45) is 6.14. The maximum Gasteiger partial charge on any atom is 0.166 e. The van der Waals surface area contributed by atoms with E-state index in [0.717, 1.165) is 12.8 Å². The van der Waals surface area contributed by atoms with E-state index in [1.807, 2.05) is 0 Å². The van der Waals surface area contributed by atoms with Crippen molar-refractivity contribution in [3.63, 3.8) is 0 Å². The largest absolute Gasteiger partial charge is 0.166 e. The Morgan fingerprint density at radius 2 is 1.63 bits per heavy atom. The van der Waals surface area contributed by atoms with Crippen molar-refractivity contribution in [1.29, 1.82) is 0 Å². The number of alkyl halides is 4. The summed E-state index contributed by atoms with van der Waals surface area (Å²) in [6, 6.07) is 0. The fraction of sp³-hybridized carbons (Fsp3) is 0.846. The first-order valence-corrected chi connectivity index (χ1v) is 8.82. The average molecular weight is 385 g/mol. The molecule has 2 rings (SSSR count). The lowest BCUT2D eigenvalue weighted by molar-refractivity contribution is 0.409. The van der Waals surface area contributed by atoms with Crippen LogP contribution in [0.5, 0.6) is 0 Å². The number of rotatable bonds is 5. The smallest absolute Gasteiger partial charge is 0.110 e. The molecule has 6 heteroatoms. The molecule has 0 aromatic carbocycles. The summed E-state index contributed by atoms with van der Waals surface area (Å²) in [5.41, 5.74) is 0. The minimum atomic E-state index is -1.35. The second-order valence-electron chi connectivity index (χ2n) is 5.47. The summed E-state index contributed by atoms with van der Waals surface area (Å²) in [5, 5.41) is 0.628. The number of unbranched alkanes of at least 4 members (excludes halogenated alkanes) is 3. The summed E-state index contributed by atoms with van der Waals surface area (Å²) in [5.74, 6) is 0.0634. The van der Waals surface area contributed by atoms with Gasteiger partial charge < -0.3 is 0 Å². The van der Waals surface area contributed by atoms with Gasteiger partial charge in [-0.3, -0.25) is 0 Å². The van der Waals surface area contributed by atoms with Crippen LogP contribution in [0.2, 0.25) is 0 Å². The molecule has 1 fully saturated rings. The lowest BCUT2D eigenvalue weighted by Crippen LogP contribution is -2.44. The van der Waals surface area contributed by atoms with E-state index in [0.29, 0.717) is 16.5 Å². The van der Waals surface area contributed by atoms with Crippen LogP contribution in [0.15, 0.2) is 10.1 Å². The van der Waals surface area contributed by atoms with Crippen molar-refractivity contribution in [1.82, 2.24) is 0 Å². The van der Waals surface area contributed by atoms with Gasteiger partial charge in [-0.25, -0.2) is 0 Å². The van der Waals surface area contributed by atoms with Gasteiger partial charge in [0.05, 0.1) is 10.1 Å². The van der Waals surface area contributed by atoms with Crippen LogP contribution in [0.3, 0.4) is 0 Å². The Hall–Kier alpha value is 1.48. The Balaban J connectivity index is 2.19. The molecule has 0 aromatic rings.